The first-order chi connectivity index (χ1) is 15.2. The molecular formula is C25H23ClN4O. The summed E-state index contributed by atoms with van der Waals surface area (Å²) in [5.41, 5.74) is 3.38. The minimum atomic E-state index is -0.206. The molecule has 31 heavy (non-hydrogen) atoms. The third-order valence-electron chi connectivity index (χ3n) is 5.91. The Kier molecular flexibility index (Phi) is 5.45. The van der Waals surface area contributed by atoms with Gasteiger partial charge in [-0.25, -0.2) is 0 Å². The lowest BCUT2D eigenvalue weighted by atomic mass is 9.97. The summed E-state index contributed by atoms with van der Waals surface area (Å²) >= 11 is 6.61. The first-order valence-electron chi connectivity index (χ1n) is 10.4. The number of benzene rings is 2. The highest BCUT2D eigenvalue weighted by Gasteiger charge is 2.30. The van der Waals surface area contributed by atoms with Gasteiger partial charge in [0.1, 0.15) is 11.3 Å². The number of piperazine rings is 1. The molecule has 1 atom stereocenters. The summed E-state index contributed by atoms with van der Waals surface area (Å²) < 4.78 is 0. The maximum atomic E-state index is 11.2. The quantitative estimate of drug-likeness (QED) is 0.499. The molecule has 5 nitrogen and oxygen atoms in total. The number of aromatic hydroxyl groups is 1. The van der Waals surface area contributed by atoms with Crippen LogP contribution >= 0.6 is 11.6 Å². The first-order valence-corrected chi connectivity index (χ1v) is 10.8. The summed E-state index contributed by atoms with van der Waals surface area (Å²) in [7, 11) is 0. The highest BCUT2D eigenvalue weighted by Crippen LogP contribution is 2.40. The van der Waals surface area contributed by atoms with E-state index in [2.05, 4.69) is 44.0 Å². The molecule has 1 saturated heterocycles. The van der Waals surface area contributed by atoms with Gasteiger partial charge in [-0.3, -0.25) is 14.9 Å². The summed E-state index contributed by atoms with van der Waals surface area (Å²) in [6, 6.07) is 21.7. The number of aromatic nitrogens is 2. The molecule has 0 aliphatic carbocycles. The molecule has 4 aromatic rings. The normalized spacial score (nSPS) is 15.8. The smallest absolute Gasteiger partial charge is 0.147 e. The molecule has 0 radical (unpaired) electrons. The Balaban J connectivity index is 1.53. The second-order valence-corrected chi connectivity index (χ2v) is 8.12. The fourth-order valence-corrected chi connectivity index (χ4v) is 4.64. The van der Waals surface area contributed by atoms with Crippen molar-refractivity contribution in [3.8, 4) is 5.75 Å². The van der Waals surface area contributed by atoms with Crippen LogP contribution in [0.15, 0.2) is 79.1 Å². The highest BCUT2D eigenvalue weighted by molar-refractivity contribution is 6.35. The van der Waals surface area contributed by atoms with Gasteiger partial charge in [0.05, 0.1) is 16.8 Å². The van der Waals surface area contributed by atoms with Crippen LogP contribution in [-0.2, 0) is 0 Å². The van der Waals surface area contributed by atoms with Crippen LogP contribution < -0.4 is 4.90 Å². The van der Waals surface area contributed by atoms with E-state index < -0.39 is 0 Å². The maximum Gasteiger partial charge on any atom is 0.147 e. The third-order valence-corrected chi connectivity index (χ3v) is 6.22. The van der Waals surface area contributed by atoms with Crippen LogP contribution in [-0.4, -0.2) is 46.2 Å². The summed E-state index contributed by atoms with van der Waals surface area (Å²) in [4.78, 5) is 13.8. The Morgan fingerprint density at radius 3 is 2.32 bits per heavy atom. The zero-order chi connectivity index (χ0) is 21.2. The molecule has 1 unspecified atom stereocenters. The lowest BCUT2D eigenvalue weighted by Crippen LogP contribution is -2.48. The number of phenols is 1. The van der Waals surface area contributed by atoms with Gasteiger partial charge in [-0.2, -0.15) is 0 Å². The van der Waals surface area contributed by atoms with Crippen molar-refractivity contribution >= 4 is 28.2 Å². The summed E-state index contributed by atoms with van der Waals surface area (Å²) in [6.45, 7) is 3.47. The minimum absolute atomic E-state index is 0.168. The van der Waals surface area contributed by atoms with Gasteiger partial charge < -0.3 is 10.0 Å². The molecule has 1 aliphatic heterocycles. The van der Waals surface area contributed by atoms with Crippen LogP contribution in [0.4, 0.5) is 5.69 Å². The lowest BCUT2D eigenvalue weighted by Gasteiger charge is -2.40. The van der Waals surface area contributed by atoms with E-state index in [0.29, 0.717) is 10.5 Å². The van der Waals surface area contributed by atoms with Crippen LogP contribution in [0.5, 0.6) is 5.75 Å². The van der Waals surface area contributed by atoms with Crippen LogP contribution in [0.25, 0.3) is 10.9 Å². The fourth-order valence-electron chi connectivity index (χ4n) is 4.37. The van der Waals surface area contributed by atoms with E-state index in [1.807, 2.05) is 42.5 Å². The van der Waals surface area contributed by atoms with E-state index in [1.165, 1.54) is 5.69 Å². The lowest BCUT2D eigenvalue weighted by molar-refractivity contribution is 0.206. The predicted octanol–water partition coefficient (Wildman–Crippen LogP) is 4.90. The van der Waals surface area contributed by atoms with Gasteiger partial charge in [0.25, 0.3) is 0 Å². The van der Waals surface area contributed by atoms with Gasteiger partial charge in [0.15, 0.2) is 0 Å². The number of pyridine rings is 2. The van der Waals surface area contributed by atoms with Gasteiger partial charge in [0, 0.05) is 55.2 Å². The molecule has 0 amide bonds. The van der Waals surface area contributed by atoms with E-state index in [0.717, 1.165) is 42.8 Å². The van der Waals surface area contributed by atoms with Crippen molar-refractivity contribution in [3.05, 3.63) is 95.4 Å². The molecule has 1 N–H and O–H groups in total. The number of rotatable bonds is 4. The van der Waals surface area contributed by atoms with Crippen molar-refractivity contribution < 1.29 is 5.11 Å². The number of fused-ring (bicyclic) bond motifs is 1. The third kappa shape index (κ3) is 3.82. The molecule has 1 fully saturated rings. The Bertz CT molecular complexity index is 1180. The number of anilines is 1. The van der Waals surface area contributed by atoms with Gasteiger partial charge >= 0.3 is 0 Å². The summed E-state index contributed by atoms with van der Waals surface area (Å²) in [5, 5.41) is 12.5. The van der Waals surface area contributed by atoms with Crippen LogP contribution in [0.2, 0.25) is 5.02 Å². The number of halogens is 1. The number of phenolic OH excluding ortho intramolecular Hbond substituents is 1. The van der Waals surface area contributed by atoms with Crippen molar-refractivity contribution in [1.82, 2.24) is 14.9 Å². The molecule has 156 valence electrons. The minimum Gasteiger partial charge on any atom is -0.505 e. The first kappa shape index (κ1) is 19.8. The van der Waals surface area contributed by atoms with Crippen molar-refractivity contribution in [2.24, 2.45) is 0 Å². The molecule has 1 aliphatic rings. The molecule has 0 spiro atoms. The van der Waals surface area contributed by atoms with Crippen LogP contribution in [0.3, 0.4) is 0 Å². The van der Waals surface area contributed by atoms with E-state index in [9.17, 15) is 5.11 Å². The van der Waals surface area contributed by atoms with Gasteiger partial charge in [-0.05, 0) is 42.5 Å². The van der Waals surface area contributed by atoms with Gasteiger partial charge in [-0.1, -0.05) is 35.9 Å². The zero-order valence-electron chi connectivity index (χ0n) is 17.0. The topological polar surface area (TPSA) is 52.5 Å². The maximum absolute atomic E-state index is 11.2. The molecule has 2 aromatic carbocycles. The van der Waals surface area contributed by atoms with Gasteiger partial charge in [-0.15, -0.1) is 0 Å². The summed E-state index contributed by atoms with van der Waals surface area (Å²) in [6.07, 6.45) is 3.47. The SMILES string of the molecule is Oc1c(C(c2ccccn2)N2CCN(c3ccccc3)CC2)cc(Cl)c2cccnc12. The average Bonchev–Trinajstić information content (AvgIpc) is 2.84. The standard InChI is InChI=1S/C25H23ClN4O/c26-21-17-20(25(31)23-19(21)9-6-12-28-23)24(22-10-4-5-11-27-22)30-15-13-29(14-16-30)18-7-2-1-3-8-18/h1-12,17,24,31H,13-16H2. The van der Waals surface area contributed by atoms with Crippen LogP contribution in [0.1, 0.15) is 17.3 Å². The predicted molar refractivity (Wildman–Crippen MR) is 125 cm³/mol. The van der Waals surface area contributed by atoms with Gasteiger partial charge in [0.2, 0.25) is 0 Å². The van der Waals surface area contributed by atoms with E-state index in [4.69, 9.17) is 11.6 Å². The monoisotopic (exact) mass is 430 g/mol. The van der Waals surface area contributed by atoms with Crippen molar-refractivity contribution in [1.29, 1.82) is 0 Å². The van der Waals surface area contributed by atoms with Crippen molar-refractivity contribution in [2.45, 2.75) is 6.04 Å². The van der Waals surface area contributed by atoms with Crippen LogP contribution in [0, 0.1) is 0 Å². The van der Waals surface area contributed by atoms with E-state index >= 15 is 0 Å². The second-order valence-electron chi connectivity index (χ2n) is 7.71. The fraction of sp³-hybridized carbons (Fsp3) is 0.200. The van der Waals surface area contributed by atoms with Crippen molar-refractivity contribution in [3.63, 3.8) is 0 Å². The molecule has 3 heterocycles. The largest absolute Gasteiger partial charge is 0.505 e. The number of nitrogens with zero attached hydrogens (tertiary/aromatic N) is 4. The summed E-state index contributed by atoms with van der Waals surface area (Å²) in [5.74, 6) is 0.168. The Labute approximate surface area is 186 Å². The number of para-hydroxylation sites is 1. The van der Waals surface area contributed by atoms with E-state index in [-0.39, 0.29) is 11.8 Å². The molecule has 0 saturated carbocycles. The Morgan fingerprint density at radius 1 is 0.839 bits per heavy atom. The second kappa shape index (κ2) is 8.53. The zero-order valence-corrected chi connectivity index (χ0v) is 17.8. The number of hydrogen-bond acceptors (Lipinski definition) is 5. The molecule has 5 rings (SSSR count). The molecule has 0 bridgehead atoms. The molecule has 2 aromatic heterocycles. The highest BCUT2D eigenvalue weighted by atomic mass is 35.5. The Hall–Kier alpha value is -3.15. The molecular weight excluding hydrogens is 408 g/mol. The van der Waals surface area contributed by atoms with Crippen molar-refractivity contribution in [2.75, 3.05) is 31.1 Å². The Morgan fingerprint density at radius 2 is 1.58 bits per heavy atom. The number of hydrogen-bond donors (Lipinski definition) is 1. The molecule has 6 heteroatoms. The average molecular weight is 431 g/mol. The van der Waals surface area contributed by atoms with E-state index in [1.54, 1.807) is 12.4 Å².